The summed E-state index contributed by atoms with van der Waals surface area (Å²) in [5, 5.41) is 9.95. The topological polar surface area (TPSA) is 101 Å². The van der Waals surface area contributed by atoms with Crippen molar-refractivity contribution in [2.45, 2.75) is 25.7 Å². The van der Waals surface area contributed by atoms with Crippen LogP contribution < -0.4 is 5.32 Å². The molecule has 0 unspecified atom stereocenters. The first kappa shape index (κ1) is 23.2. The number of pyridine rings is 1. The molecule has 0 spiro atoms. The number of likely N-dealkylation sites (tertiary alicyclic amines) is 1. The van der Waals surface area contributed by atoms with E-state index in [1.807, 2.05) is 35.2 Å². The van der Waals surface area contributed by atoms with E-state index in [-0.39, 0.29) is 17.7 Å². The van der Waals surface area contributed by atoms with E-state index >= 15 is 0 Å². The molecule has 0 bridgehead atoms. The van der Waals surface area contributed by atoms with Crippen molar-refractivity contribution in [2.24, 2.45) is 0 Å². The minimum Gasteiger partial charge on any atom is -0.360 e. The highest BCUT2D eigenvalue weighted by atomic mass is 35.5. The second-order valence-corrected chi connectivity index (χ2v) is 9.57. The second-order valence-electron chi connectivity index (χ2n) is 8.29. The van der Waals surface area contributed by atoms with Gasteiger partial charge in [0.05, 0.1) is 16.9 Å². The molecule has 8 nitrogen and oxygen atoms in total. The molecule has 0 radical (unpaired) electrons. The lowest BCUT2D eigenvalue weighted by molar-refractivity contribution is 0.0712. The molecule has 2 amide bonds. The van der Waals surface area contributed by atoms with Crippen molar-refractivity contribution < 1.29 is 14.1 Å². The van der Waals surface area contributed by atoms with E-state index in [1.165, 1.54) is 17.5 Å². The Bertz CT molecular complexity index is 1350. The van der Waals surface area contributed by atoms with Gasteiger partial charge in [0.15, 0.2) is 0 Å². The van der Waals surface area contributed by atoms with Gasteiger partial charge in [-0.25, -0.2) is 9.97 Å². The highest BCUT2D eigenvalue weighted by molar-refractivity contribution is 7.10. The van der Waals surface area contributed by atoms with Gasteiger partial charge in [-0.3, -0.25) is 9.59 Å². The van der Waals surface area contributed by atoms with E-state index in [4.69, 9.17) is 16.1 Å². The van der Waals surface area contributed by atoms with Crippen molar-refractivity contribution in [1.82, 2.24) is 20.0 Å². The van der Waals surface area contributed by atoms with Crippen LogP contribution >= 0.6 is 22.9 Å². The Morgan fingerprint density at radius 2 is 1.91 bits per heavy atom. The number of nitrogens with zero attached hydrogens (tertiary/aromatic N) is 4. The van der Waals surface area contributed by atoms with Crippen molar-refractivity contribution in [2.75, 3.05) is 18.4 Å². The molecule has 1 aromatic carbocycles. The summed E-state index contributed by atoms with van der Waals surface area (Å²) in [4.78, 5) is 36.3. The van der Waals surface area contributed by atoms with Crippen molar-refractivity contribution in [1.29, 1.82) is 0 Å². The van der Waals surface area contributed by atoms with Crippen LogP contribution in [-0.4, -0.2) is 44.9 Å². The van der Waals surface area contributed by atoms with Gasteiger partial charge in [0, 0.05) is 30.0 Å². The quantitative estimate of drug-likeness (QED) is 0.361. The van der Waals surface area contributed by atoms with Crippen LogP contribution in [-0.2, 0) is 0 Å². The van der Waals surface area contributed by atoms with Gasteiger partial charge in [0.25, 0.3) is 11.8 Å². The largest absolute Gasteiger partial charge is 0.360 e. The molecule has 4 heterocycles. The van der Waals surface area contributed by atoms with Gasteiger partial charge in [-0.05, 0) is 31.9 Å². The number of benzene rings is 1. The first-order chi connectivity index (χ1) is 17.0. The van der Waals surface area contributed by atoms with Gasteiger partial charge in [-0.15, -0.1) is 11.3 Å². The zero-order valence-electron chi connectivity index (χ0n) is 18.9. The molecule has 35 heavy (non-hydrogen) atoms. The smallest absolute Gasteiger partial charge is 0.275 e. The monoisotopic (exact) mass is 507 g/mol. The van der Waals surface area contributed by atoms with Crippen LogP contribution in [0.15, 0.2) is 58.6 Å². The first-order valence-corrected chi connectivity index (χ1v) is 12.4. The van der Waals surface area contributed by atoms with Crippen molar-refractivity contribution >= 4 is 40.4 Å². The Labute approximate surface area is 210 Å². The minimum absolute atomic E-state index is 0.0724. The standard InChI is InChI=1S/C25H22ClN5O3S/c1-15-21(22(30-34-15)16-5-3-2-4-6-16)25(33)31-11-9-17(10-12-31)24-29-19(14-35-24)23(32)28-18-7-8-20(26)27-13-18/h2-8,13-14,17H,9-12H2,1H3,(H,28,32). The molecule has 178 valence electrons. The molecule has 0 saturated carbocycles. The fraction of sp³-hybridized carbons (Fsp3) is 0.240. The summed E-state index contributed by atoms with van der Waals surface area (Å²) in [5.74, 6) is 0.347. The summed E-state index contributed by atoms with van der Waals surface area (Å²) in [6.07, 6.45) is 3.04. The van der Waals surface area contributed by atoms with E-state index < -0.39 is 0 Å². The number of thiazole rings is 1. The number of carbonyl (C=O) groups excluding carboxylic acids is 2. The third-order valence-electron chi connectivity index (χ3n) is 6.00. The van der Waals surface area contributed by atoms with E-state index in [9.17, 15) is 9.59 Å². The van der Waals surface area contributed by atoms with Crippen LogP contribution in [0, 0.1) is 6.92 Å². The Kier molecular flexibility index (Phi) is 6.61. The predicted octanol–water partition coefficient (Wildman–Crippen LogP) is 5.43. The number of hydrogen-bond acceptors (Lipinski definition) is 7. The number of anilines is 1. The maximum Gasteiger partial charge on any atom is 0.275 e. The number of aryl methyl sites for hydroxylation is 1. The van der Waals surface area contributed by atoms with Crippen molar-refractivity contribution in [3.63, 3.8) is 0 Å². The maximum atomic E-state index is 13.4. The molecule has 1 saturated heterocycles. The highest BCUT2D eigenvalue weighted by Crippen LogP contribution is 2.33. The average molecular weight is 508 g/mol. The Morgan fingerprint density at radius 1 is 1.14 bits per heavy atom. The van der Waals surface area contributed by atoms with E-state index in [0.717, 1.165) is 23.4 Å². The van der Waals surface area contributed by atoms with E-state index in [1.54, 1.807) is 24.4 Å². The normalized spacial score (nSPS) is 14.2. The SMILES string of the molecule is Cc1onc(-c2ccccc2)c1C(=O)N1CCC(c2nc(C(=O)Nc3ccc(Cl)nc3)cs2)CC1. The predicted molar refractivity (Wildman–Crippen MR) is 134 cm³/mol. The lowest BCUT2D eigenvalue weighted by Crippen LogP contribution is -2.38. The molecule has 0 atom stereocenters. The van der Waals surface area contributed by atoms with Crippen LogP contribution in [0.25, 0.3) is 11.3 Å². The molecule has 0 aliphatic carbocycles. The van der Waals surface area contributed by atoms with Gasteiger partial charge in [0.2, 0.25) is 0 Å². The molecule has 4 aromatic rings. The third kappa shape index (κ3) is 4.96. The third-order valence-corrected chi connectivity index (χ3v) is 7.23. The van der Waals surface area contributed by atoms with Gasteiger partial charge < -0.3 is 14.7 Å². The number of carbonyl (C=O) groups is 2. The number of piperidine rings is 1. The summed E-state index contributed by atoms with van der Waals surface area (Å²) >= 11 is 7.26. The molecule has 5 rings (SSSR count). The average Bonchev–Trinajstić information content (AvgIpc) is 3.53. The van der Waals surface area contributed by atoms with Crippen molar-refractivity contribution in [3.8, 4) is 11.3 Å². The summed E-state index contributed by atoms with van der Waals surface area (Å²) in [6.45, 7) is 2.96. The number of nitrogens with one attached hydrogen (secondary N) is 1. The van der Waals surface area contributed by atoms with Crippen molar-refractivity contribution in [3.05, 3.63) is 81.2 Å². The molecule has 1 aliphatic heterocycles. The highest BCUT2D eigenvalue weighted by Gasteiger charge is 2.30. The van der Waals surface area contributed by atoms with Crippen LogP contribution in [0.5, 0.6) is 0 Å². The number of aromatic nitrogens is 3. The van der Waals surface area contributed by atoms with Gasteiger partial charge in [0.1, 0.15) is 27.9 Å². The Balaban J connectivity index is 1.23. The fourth-order valence-corrected chi connectivity index (χ4v) is 5.21. The molecule has 1 aliphatic rings. The van der Waals surface area contributed by atoms with Crippen LogP contribution in [0.3, 0.4) is 0 Å². The summed E-state index contributed by atoms with van der Waals surface area (Å²) in [5.41, 5.74) is 2.86. The summed E-state index contributed by atoms with van der Waals surface area (Å²) < 4.78 is 5.37. The van der Waals surface area contributed by atoms with Gasteiger partial charge in [-0.2, -0.15) is 0 Å². The molecular weight excluding hydrogens is 486 g/mol. The zero-order chi connectivity index (χ0) is 24.4. The number of amides is 2. The molecule has 1 fully saturated rings. The summed E-state index contributed by atoms with van der Waals surface area (Å²) in [7, 11) is 0. The maximum absolute atomic E-state index is 13.4. The molecule has 3 aromatic heterocycles. The number of hydrogen-bond donors (Lipinski definition) is 1. The first-order valence-electron chi connectivity index (χ1n) is 11.2. The Morgan fingerprint density at radius 3 is 2.63 bits per heavy atom. The molecular formula is C25H22ClN5O3S. The van der Waals surface area contributed by atoms with Crippen LogP contribution in [0.1, 0.15) is 50.4 Å². The molecule has 1 N–H and O–H groups in total. The van der Waals surface area contributed by atoms with Crippen LogP contribution in [0.2, 0.25) is 5.15 Å². The number of rotatable bonds is 5. The molecule has 10 heteroatoms. The summed E-state index contributed by atoms with van der Waals surface area (Å²) in [6, 6.07) is 12.9. The van der Waals surface area contributed by atoms with Gasteiger partial charge in [-0.1, -0.05) is 47.1 Å². The lowest BCUT2D eigenvalue weighted by Gasteiger charge is -2.31. The minimum atomic E-state index is -0.291. The zero-order valence-corrected chi connectivity index (χ0v) is 20.5. The number of halogens is 1. The second kappa shape index (κ2) is 9.97. The lowest BCUT2D eigenvalue weighted by atomic mass is 9.96. The van der Waals surface area contributed by atoms with E-state index in [0.29, 0.717) is 46.6 Å². The van der Waals surface area contributed by atoms with Crippen LogP contribution in [0.4, 0.5) is 5.69 Å². The van der Waals surface area contributed by atoms with Gasteiger partial charge >= 0.3 is 0 Å². The Hall–Kier alpha value is -3.56. The van der Waals surface area contributed by atoms with E-state index in [2.05, 4.69) is 20.4 Å². The fourth-order valence-electron chi connectivity index (χ4n) is 4.13.